The molecule has 2 aliphatic rings. The van der Waals surface area contributed by atoms with Gasteiger partial charge in [0.15, 0.2) is 0 Å². The van der Waals surface area contributed by atoms with Crippen molar-refractivity contribution in [3.05, 3.63) is 59.8 Å². The lowest BCUT2D eigenvalue weighted by Crippen LogP contribution is -2.39. The largest absolute Gasteiger partial charge is 0.432 e. The molecular formula is C18H13N3O2. The first-order valence-electron chi connectivity index (χ1n) is 7.50. The van der Waals surface area contributed by atoms with Gasteiger partial charge in [-0.1, -0.05) is 36.4 Å². The topological polar surface area (TPSA) is 55.3 Å². The van der Waals surface area contributed by atoms with Crippen LogP contribution in [0.5, 0.6) is 0 Å². The second kappa shape index (κ2) is 4.14. The Morgan fingerprint density at radius 1 is 1.04 bits per heavy atom. The van der Waals surface area contributed by atoms with Crippen LogP contribution >= 0.6 is 0 Å². The van der Waals surface area contributed by atoms with Gasteiger partial charge in [-0.05, 0) is 19.2 Å². The van der Waals surface area contributed by atoms with E-state index in [1.807, 2.05) is 60.5 Å². The standard InChI is InChI=1S/C18H13N3O2/c1-21-10-15(22)23-18(21)12-7-3-2-6-11(12)16-17(18)20-14-9-5-4-8-13(14)19-16/h2-9H,10H2,1H3. The minimum atomic E-state index is -0.958. The molecule has 0 amide bonds. The van der Waals surface area contributed by atoms with Crippen molar-refractivity contribution >= 4 is 17.0 Å². The molecule has 2 aromatic carbocycles. The molecule has 1 aliphatic heterocycles. The van der Waals surface area contributed by atoms with E-state index in [0.717, 1.165) is 27.9 Å². The number of benzene rings is 2. The minimum Gasteiger partial charge on any atom is -0.432 e. The van der Waals surface area contributed by atoms with Crippen LogP contribution in [0.1, 0.15) is 11.3 Å². The van der Waals surface area contributed by atoms with Crippen molar-refractivity contribution in [2.75, 3.05) is 13.6 Å². The van der Waals surface area contributed by atoms with Gasteiger partial charge in [0.2, 0.25) is 5.72 Å². The molecule has 1 saturated heterocycles. The molecule has 3 aromatic rings. The van der Waals surface area contributed by atoms with Gasteiger partial charge in [0.05, 0.1) is 16.7 Å². The third kappa shape index (κ3) is 1.47. The number of ether oxygens (including phenoxy) is 1. The Morgan fingerprint density at radius 3 is 2.48 bits per heavy atom. The number of likely N-dealkylation sites (N-methyl/N-ethyl adjacent to an activating group) is 1. The zero-order valence-electron chi connectivity index (χ0n) is 12.5. The van der Waals surface area contributed by atoms with Crippen molar-refractivity contribution in [2.24, 2.45) is 0 Å². The molecule has 1 spiro atoms. The maximum atomic E-state index is 12.0. The van der Waals surface area contributed by atoms with Crippen LogP contribution < -0.4 is 0 Å². The summed E-state index contributed by atoms with van der Waals surface area (Å²) in [6, 6.07) is 15.7. The average molecular weight is 303 g/mol. The number of rotatable bonds is 0. The maximum Gasteiger partial charge on any atom is 0.322 e. The molecule has 0 N–H and O–H groups in total. The maximum absolute atomic E-state index is 12.0. The fourth-order valence-corrected chi connectivity index (χ4v) is 3.61. The number of aromatic nitrogens is 2. The van der Waals surface area contributed by atoms with Crippen LogP contribution in [-0.4, -0.2) is 34.4 Å². The summed E-state index contributed by atoms with van der Waals surface area (Å²) >= 11 is 0. The highest BCUT2D eigenvalue weighted by Crippen LogP contribution is 2.51. The summed E-state index contributed by atoms with van der Waals surface area (Å²) in [7, 11) is 1.88. The zero-order chi connectivity index (χ0) is 15.6. The van der Waals surface area contributed by atoms with E-state index in [9.17, 15) is 4.79 Å². The van der Waals surface area contributed by atoms with E-state index in [1.165, 1.54) is 0 Å². The summed E-state index contributed by atoms with van der Waals surface area (Å²) in [4.78, 5) is 23.5. The molecule has 5 rings (SSSR count). The van der Waals surface area contributed by atoms with Gasteiger partial charge in [0.1, 0.15) is 12.2 Å². The van der Waals surface area contributed by atoms with Gasteiger partial charge in [0.25, 0.3) is 0 Å². The SMILES string of the molecule is CN1CC(=O)OC12c1ccccc1-c1nc3ccccc3nc12. The number of carbonyl (C=O) groups is 1. The third-order valence-corrected chi connectivity index (χ3v) is 4.60. The molecule has 23 heavy (non-hydrogen) atoms. The van der Waals surface area contributed by atoms with E-state index in [2.05, 4.69) is 0 Å². The Morgan fingerprint density at radius 2 is 1.74 bits per heavy atom. The number of nitrogens with zero attached hydrogens (tertiary/aromatic N) is 3. The van der Waals surface area contributed by atoms with Crippen molar-refractivity contribution < 1.29 is 9.53 Å². The predicted octanol–water partition coefficient (Wildman–Crippen LogP) is 2.30. The molecule has 1 aromatic heterocycles. The van der Waals surface area contributed by atoms with Gasteiger partial charge in [-0.25, -0.2) is 14.9 Å². The number of hydrogen-bond acceptors (Lipinski definition) is 5. The quantitative estimate of drug-likeness (QED) is 0.596. The second-order valence-corrected chi connectivity index (χ2v) is 5.93. The van der Waals surface area contributed by atoms with Gasteiger partial charge >= 0.3 is 5.97 Å². The summed E-state index contributed by atoms with van der Waals surface area (Å²) < 4.78 is 5.81. The molecule has 1 unspecified atom stereocenters. The smallest absolute Gasteiger partial charge is 0.322 e. The Hall–Kier alpha value is -2.79. The van der Waals surface area contributed by atoms with E-state index in [1.54, 1.807) is 0 Å². The van der Waals surface area contributed by atoms with Crippen LogP contribution in [0, 0.1) is 0 Å². The van der Waals surface area contributed by atoms with Crippen LogP contribution in [0.2, 0.25) is 0 Å². The minimum absolute atomic E-state index is 0.238. The highest BCUT2D eigenvalue weighted by atomic mass is 16.6. The number of esters is 1. The van der Waals surface area contributed by atoms with Gasteiger partial charge in [-0.3, -0.25) is 4.79 Å². The highest BCUT2D eigenvalue weighted by Gasteiger charge is 2.56. The van der Waals surface area contributed by atoms with E-state index in [0.29, 0.717) is 5.69 Å². The number of hydrogen-bond donors (Lipinski definition) is 0. The van der Waals surface area contributed by atoms with Crippen LogP contribution in [-0.2, 0) is 15.3 Å². The van der Waals surface area contributed by atoms with Gasteiger partial charge in [-0.15, -0.1) is 0 Å². The Bertz CT molecular complexity index is 985. The lowest BCUT2D eigenvalue weighted by Gasteiger charge is -2.30. The lowest BCUT2D eigenvalue weighted by atomic mass is 10.0. The summed E-state index contributed by atoms with van der Waals surface area (Å²) in [5, 5.41) is 0. The highest BCUT2D eigenvalue weighted by molar-refractivity contribution is 5.86. The summed E-state index contributed by atoms with van der Waals surface area (Å²) in [5.74, 6) is -0.245. The Kier molecular flexibility index (Phi) is 2.29. The summed E-state index contributed by atoms with van der Waals surface area (Å²) in [6.45, 7) is 0.238. The van der Waals surface area contributed by atoms with E-state index in [-0.39, 0.29) is 12.5 Å². The van der Waals surface area contributed by atoms with E-state index < -0.39 is 5.72 Å². The van der Waals surface area contributed by atoms with Crippen LogP contribution in [0.3, 0.4) is 0 Å². The van der Waals surface area contributed by atoms with Crippen LogP contribution in [0.4, 0.5) is 0 Å². The fraction of sp³-hybridized carbons (Fsp3) is 0.167. The molecule has 0 radical (unpaired) electrons. The zero-order valence-corrected chi connectivity index (χ0v) is 12.5. The molecule has 2 heterocycles. The van der Waals surface area contributed by atoms with E-state index >= 15 is 0 Å². The molecule has 112 valence electrons. The molecule has 0 bridgehead atoms. The Labute approximate surface area is 132 Å². The first-order chi connectivity index (χ1) is 11.2. The van der Waals surface area contributed by atoms with Crippen molar-refractivity contribution in [3.63, 3.8) is 0 Å². The summed E-state index contributed by atoms with van der Waals surface area (Å²) in [6.07, 6.45) is 0. The lowest BCUT2D eigenvalue weighted by molar-refractivity contribution is -0.148. The van der Waals surface area contributed by atoms with Crippen LogP contribution in [0.15, 0.2) is 48.5 Å². The molecule has 5 heteroatoms. The molecule has 1 fully saturated rings. The molecule has 0 saturated carbocycles. The van der Waals surface area contributed by atoms with Gasteiger partial charge < -0.3 is 4.74 Å². The first-order valence-corrected chi connectivity index (χ1v) is 7.50. The second-order valence-electron chi connectivity index (χ2n) is 5.93. The van der Waals surface area contributed by atoms with Crippen molar-refractivity contribution in [1.29, 1.82) is 0 Å². The summed E-state index contributed by atoms with van der Waals surface area (Å²) in [5.41, 5.74) is 4.08. The monoisotopic (exact) mass is 303 g/mol. The number of para-hydroxylation sites is 2. The van der Waals surface area contributed by atoms with Crippen molar-refractivity contribution in [2.45, 2.75) is 5.72 Å². The molecule has 1 aliphatic carbocycles. The van der Waals surface area contributed by atoms with Gasteiger partial charge in [-0.2, -0.15) is 0 Å². The Balaban J connectivity index is 1.92. The third-order valence-electron chi connectivity index (χ3n) is 4.60. The van der Waals surface area contributed by atoms with Crippen molar-refractivity contribution in [1.82, 2.24) is 14.9 Å². The number of carbonyl (C=O) groups excluding carboxylic acids is 1. The van der Waals surface area contributed by atoms with Crippen molar-refractivity contribution in [3.8, 4) is 11.3 Å². The van der Waals surface area contributed by atoms with E-state index in [4.69, 9.17) is 14.7 Å². The predicted molar refractivity (Wildman–Crippen MR) is 84.5 cm³/mol. The molecule has 1 atom stereocenters. The molecule has 5 nitrogen and oxygen atoms in total. The number of fused-ring (bicyclic) bond motifs is 6. The first kappa shape index (κ1) is 12.7. The van der Waals surface area contributed by atoms with Crippen LogP contribution in [0.25, 0.3) is 22.3 Å². The average Bonchev–Trinajstić information content (AvgIpc) is 3.02. The fourth-order valence-electron chi connectivity index (χ4n) is 3.61. The molecular weight excluding hydrogens is 290 g/mol. The normalized spacial score (nSPS) is 22.4. The van der Waals surface area contributed by atoms with Gasteiger partial charge in [0, 0.05) is 11.1 Å².